The van der Waals surface area contributed by atoms with Crippen molar-refractivity contribution in [2.45, 2.75) is 65.9 Å². The average Bonchev–Trinajstić information content (AvgIpc) is 2.26. The molecule has 3 heteroatoms. The van der Waals surface area contributed by atoms with Gasteiger partial charge in [-0.2, -0.15) is 4.89 Å². The highest BCUT2D eigenvalue weighted by molar-refractivity contribution is 5.43. The topological polar surface area (TPSA) is 27.7 Å². The normalized spacial score (nSPS) is 12.3. The summed E-state index contributed by atoms with van der Waals surface area (Å²) < 4.78 is 0. The lowest BCUT2D eigenvalue weighted by molar-refractivity contribution is -0.497. The van der Waals surface area contributed by atoms with E-state index in [-0.39, 0.29) is 0 Å². The maximum Gasteiger partial charge on any atom is 0.172 e. The lowest BCUT2D eigenvalue weighted by Crippen LogP contribution is -2.20. The van der Waals surface area contributed by atoms with Gasteiger partial charge in [0.2, 0.25) is 0 Å². The van der Waals surface area contributed by atoms with Crippen molar-refractivity contribution in [3.63, 3.8) is 0 Å². The van der Waals surface area contributed by atoms with Crippen LogP contribution in [-0.4, -0.2) is 5.60 Å². The molecule has 0 unspecified atom stereocenters. The molecule has 0 heterocycles. The summed E-state index contributed by atoms with van der Waals surface area (Å²) in [5, 5.41) is 4.91. The number of hydrogen-bond donors (Lipinski definition) is 0. The zero-order valence-corrected chi connectivity index (χ0v) is 13.1. The quantitative estimate of drug-likeness (QED) is 0.556. The molecule has 0 fully saturated rings. The van der Waals surface area contributed by atoms with Gasteiger partial charge in [-0.1, -0.05) is 39.8 Å². The molecule has 0 amide bonds. The van der Waals surface area contributed by atoms with E-state index < -0.39 is 5.60 Å². The van der Waals surface area contributed by atoms with Crippen LogP contribution in [0.5, 0.6) is 5.75 Å². The summed E-state index contributed by atoms with van der Waals surface area (Å²) in [6, 6.07) is 6.03. The van der Waals surface area contributed by atoms with Crippen molar-refractivity contribution in [2.75, 3.05) is 0 Å². The van der Waals surface area contributed by atoms with E-state index in [1.807, 2.05) is 32.9 Å². The second-order valence-corrected chi connectivity index (χ2v) is 6.42. The zero-order chi connectivity index (χ0) is 14.6. The third-order valence-electron chi connectivity index (χ3n) is 2.71. The highest BCUT2D eigenvalue weighted by Gasteiger charge is 2.18. The molecule has 1 aromatic carbocycles. The van der Waals surface area contributed by atoms with Gasteiger partial charge in [0.15, 0.2) is 5.75 Å². The molecule has 0 aliphatic carbocycles. The Hall–Kier alpha value is -1.06. The molecule has 108 valence electrons. The first-order valence-electron chi connectivity index (χ1n) is 6.87. The van der Waals surface area contributed by atoms with Gasteiger partial charge in [-0.3, -0.25) is 0 Å². The first-order valence-corrected chi connectivity index (χ1v) is 6.87. The lowest BCUT2D eigenvalue weighted by atomic mass is 9.90. The molecule has 19 heavy (non-hydrogen) atoms. The van der Waals surface area contributed by atoms with Gasteiger partial charge in [0.1, 0.15) is 0 Å². The smallest absolute Gasteiger partial charge is 0.172 e. The summed E-state index contributed by atoms with van der Waals surface area (Å²) in [6.45, 7) is 14.4. The molecular weight excluding hydrogens is 240 g/mol. The van der Waals surface area contributed by atoms with Gasteiger partial charge in [0, 0.05) is 5.56 Å². The van der Waals surface area contributed by atoms with E-state index in [1.54, 1.807) is 0 Å². The highest BCUT2D eigenvalue weighted by atomic mass is 17.5. The van der Waals surface area contributed by atoms with E-state index in [2.05, 4.69) is 33.8 Å². The van der Waals surface area contributed by atoms with Crippen LogP contribution in [0.2, 0.25) is 0 Å². The van der Waals surface area contributed by atoms with E-state index in [9.17, 15) is 0 Å². The molecule has 3 nitrogen and oxygen atoms in total. The largest absolute Gasteiger partial charge is 0.308 e. The maximum absolute atomic E-state index is 5.34. The molecule has 0 atom stereocenters. The fourth-order valence-electron chi connectivity index (χ4n) is 1.91. The Bertz CT molecular complexity index is 403. The van der Waals surface area contributed by atoms with Crippen LogP contribution in [0.15, 0.2) is 18.2 Å². The predicted molar refractivity (Wildman–Crippen MR) is 77.2 cm³/mol. The van der Waals surface area contributed by atoms with E-state index in [0.717, 1.165) is 5.75 Å². The third kappa shape index (κ3) is 4.84. The molecule has 1 rings (SSSR count). The van der Waals surface area contributed by atoms with Gasteiger partial charge >= 0.3 is 0 Å². The van der Waals surface area contributed by atoms with Crippen LogP contribution in [0.4, 0.5) is 0 Å². The maximum atomic E-state index is 5.34. The third-order valence-corrected chi connectivity index (χ3v) is 2.71. The monoisotopic (exact) mass is 266 g/mol. The predicted octanol–water partition coefficient (Wildman–Crippen LogP) is 4.97. The molecule has 0 N–H and O–H groups in total. The lowest BCUT2D eigenvalue weighted by Gasteiger charge is -2.20. The van der Waals surface area contributed by atoms with Gasteiger partial charge in [-0.25, -0.2) is 0 Å². The Morgan fingerprint density at radius 3 is 2.05 bits per heavy atom. The van der Waals surface area contributed by atoms with Crippen molar-refractivity contribution >= 4 is 0 Å². The van der Waals surface area contributed by atoms with Gasteiger partial charge < -0.3 is 4.89 Å². The van der Waals surface area contributed by atoms with Crippen molar-refractivity contribution < 1.29 is 14.8 Å². The van der Waals surface area contributed by atoms with Crippen molar-refractivity contribution in [1.82, 2.24) is 0 Å². The summed E-state index contributed by atoms with van der Waals surface area (Å²) in [5.74, 6) is 1.54. The second-order valence-electron chi connectivity index (χ2n) is 6.42. The average molecular weight is 266 g/mol. The number of benzene rings is 1. The van der Waals surface area contributed by atoms with E-state index in [1.165, 1.54) is 11.1 Å². The molecule has 0 saturated heterocycles. The van der Waals surface area contributed by atoms with Crippen LogP contribution >= 0.6 is 0 Å². The number of hydrogen-bond acceptors (Lipinski definition) is 3. The minimum Gasteiger partial charge on any atom is -0.308 e. The Balaban J connectivity index is 2.91. The molecule has 1 aromatic rings. The fraction of sp³-hybridized carbons (Fsp3) is 0.625. The molecule has 0 aliphatic heterocycles. The van der Waals surface area contributed by atoms with Gasteiger partial charge in [0.05, 0.1) is 5.60 Å². The summed E-state index contributed by atoms with van der Waals surface area (Å²) in [5.41, 5.74) is 2.06. The summed E-state index contributed by atoms with van der Waals surface area (Å²) in [7, 11) is 0. The van der Waals surface area contributed by atoms with Gasteiger partial charge in [-0.05, 0) is 49.3 Å². The SMILES string of the molecule is CC(C)c1cccc(OOOC(C)(C)C)c1C(C)C. The summed E-state index contributed by atoms with van der Waals surface area (Å²) in [4.78, 5) is 10.5. The Morgan fingerprint density at radius 1 is 0.947 bits per heavy atom. The fourth-order valence-corrected chi connectivity index (χ4v) is 1.91. The summed E-state index contributed by atoms with van der Waals surface area (Å²) in [6.07, 6.45) is 0. The summed E-state index contributed by atoms with van der Waals surface area (Å²) >= 11 is 0. The molecule has 0 spiro atoms. The molecule has 0 radical (unpaired) electrons. The van der Waals surface area contributed by atoms with Gasteiger partial charge in [-0.15, -0.1) is 0 Å². The van der Waals surface area contributed by atoms with Crippen molar-refractivity contribution in [2.24, 2.45) is 0 Å². The van der Waals surface area contributed by atoms with Crippen molar-refractivity contribution in [1.29, 1.82) is 0 Å². The molecule has 0 aliphatic rings. The van der Waals surface area contributed by atoms with E-state index in [4.69, 9.17) is 14.8 Å². The number of rotatable bonds is 5. The van der Waals surface area contributed by atoms with E-state index in [0.29, 0.717) is 11.8 Å². The highest BCUT2D eigenvalue weighted by Crippen LogP contribution is 2.34. The van der Waals surface area contributed by atoms with Crippen LogP contribution in [-0.2, 0) is 9.93 Å². The zero-order valence-electron chi connectivity index (χ0n) is 13.1. The van der Waals surface area contributed by atoms with Crippen LogP contribution in [0.3, 0.4) is 0 Å². The minimum absolute atomic E-state index is 0.367. The Morgan fingerprint density at radius 2 is 1.58 bits per heavy atom. The second kappa shape index (κ2) is 6.40. The molecule has 0 bridgehead atoms. The van der Waals surface area contributed by atoms with E-state index >= 15 is 0 Å². The first-order chi connectivity index (χ1) is 8.72. The van der Waals surface area contributed by atoms with Crippen LogP contribution in [0, 0.1) is 0 Å². The van der Waals surface area contributed by atoms with Crippen molar-refractivity contribution in [3.05, 3.63) is 29.3 Å². The minimum atomic E-state index is -0.395. The molecule has 0 saturated carbocycles. The van der Waals surface area contributed by atoms with Crippen LogP contribution < -0.4 is 4.89 Å². The molecule has 0 aromatic heterocycles. The Kier molecular flexibility index (Phi) is 5.39. The van der Waals surface area contributed by atoms with Gasteiger partial charge in [0.25, 0.3) is 0 Å². The molecular formula is C16H26O3. The Labute approximate surface area is 116 Å². The standard InChI is InChI=1S/C16H26O3/c1-11(2)13-9-8-10-14(15(13)12(3)4)17-19-18-16(5,6)7/h8-12H,1-7H3. The van der Waals surface area contributed by atoms with Crippen LogP contribution in [0.1, 0.15) is 71.4 Å². The van der Waals surface area contributed by atoms with Crippen LogP contribution in [0.25, 0.3) is 0 Å². The first kappa shape index (κ1) is 16.0. The van der Waals surface area contributed by atoms with Crippen molar-refractivity contribution in [3.8, 4) is 5.75 Å².